The standard InChI is InChI=1S/C43H56O2/c1-31-12-10-18-36(21-20-31)27-34-14-6-4-5-7-15-35(17-9-8-16-34)28-42(44)39-24-22-37-23-25-40(30-41(37)29-39)43(45)33(3)26-38-19-11-13-32(38)2/h10,18,20-22,24,26,29,34-35,40H,4-9,11,13-17,19,23,25,27-28,30H2,1-3H3. The number of benzene rings is 1. The Labute approximate surface area is 273 Å². The van der Waals surface area contributed by atoms with E-state index in [1.807, 2.05) is 6.92 Å². The molecule has 3 unspecified atom stereocenters. The van der Waals surface area contributed by atoms with Crippen molar-refractivity contribution >= 4 is 11.6 Å². The van der Waals surface area contributed by atoms with Crippen LogP contribution in [0.2, 0.25) is 0 Å². The molecule has 0 bridgehead atoms. The molecule has 1 aromatic rings. The van der Waals surface area contributed by atoms with Crippen LogP contribution >= 0.6 is 0 Å². The number of ketones is 2. The molecular weight excluding hydrogens is 548 g/mol. The number of carbonyl (C=O) groups excluding carboxylic acids is 2. The van der Waals surface area contributed by atoms with E-state index in [0.717, 1.165) is 55.6 Å². The van der Waals surface area contributed by atoms with Gasteiger partial charge >= 0.3 is 0 Å². The summed E-state index contributed by atoms with van der Waals surface area (Å²) in [5, 5.41) is 0. The van der Waals surface area contributed by atoms with E-state index in [4.69, 9.17) is 0 Å². The molecule has 4 aliphatic carbocycles. The minimum absolute atomic E-state index is 0.0312. The van der Waals surface area contributed by atoms with E-state index in [1.54, 1.807) is 0 Å². The van der Waals surface area contributed by atoms with Crippen molar-refractivity contribution in [3.05, 3.63) is 98.9 Å². The molecular formula is C43H56O2. The van der Waals surface area contributed by atoms with Crippen LogP contribution in [0.15, 0.2) is 82.2 Å². The Hall–Kier alpha value is -2.96. The van der Waals surface area contributed by atoms with E-state index in [2.05, 4.69) is 68.2 Å². The normalized spacial score (nSPS) is 25.0. The number of hydrogen-bond acceptors (Lipinski definition) is 2. The Morgan fingerprint density at radius 3 is 2.29 bits per heavy atom. The average molecular weight is 605 g/mol. The first-order valence-electron chi connectivity index (χ1n) is 18.2. The maximum Gasteiger partial charge on any atom is 0.163 e. The summed E-state index contributed by atoms with van der Waals surface area (Å²) in [4.78, 5) is 27.1. The molecule has 0 aromatic heterocycles. The van der Waals surface area contributed by atoms with Gasteiger partial charge in [0.25, 0.3) is 0 Å². The van der Waals surface area contributed by atoms with E-state index in [1.165, 1.54) is 104 Å². The van der Waals surface area contributed by atoms with E-state index in [0.29, 0.717) is 23.9 Å². The Morgan fingerprint density at radius 1 is 0.822 bits per heavy atom. The number of hydrogen-bond donors (Lipinski definition) is 0. The van der Waals surface area contributed by atoms with Crippen LogP contribution in [0.25, 0.3) is 0 Å². The lowest BCUT2D eigenvalue weighted by atomic mass is 9.79. The van der Waals surface area contributed by atoms with Gasteiger partial charge in [0.1, 0.15) is 0 Å². The third-order valence-electron chi connectivity index (χ3n) is 11.1. The zero-order valence-electron chi connectivity index (χ0n) is 28.4. The molecule has 0 spiro atoms. The maximum atomic E-state index is 13.6. The molecule has 4 aliphatic rings. The largest absolute Gasteiger partial charge is 0.294 e. The van der Waals surface area contributed by atoms with Gasteiger partial charge in [-0.25, -0.2) is 0 Å². The third kappa shape index (κ3) is 9.76. The molecule has 0 N–H and O–H groups in total. The highest BCUT2D eigenvalue weighted by Crippen LogP contribution is 2.33. The minimum Gasteiger partial charge on any atom is -0.294 e. The Kier molecular flexibility index (Phi) is 12.3. The van der Waals surface area contributed by atoms with Gasteiger partial charge in [-0.05, 0) is 123 Å². The fourth-order valence-corrected chi connectivity index (χ4v) is 8.17. The number of fused-ring (bicyclic) bond motifs is 1. The number of aryl methyl sites for hydroxylation is 1. The van der Waals surface area contributed by atoms with Gasteiger partial charge < -0.3 is 0 Å². The van der Waals surface area contributed by atoms with E-state index in [-0.39, 0.29) is 5.92 Å². The van der Waals surface area contributed by atoms with Crippen molar-refractivity contribution in [2.24, 2.45) is 17.8 Å². The summed E-state index contributed by atoms with van der Waals surface area (Å²) in [5.41, 5.74) is 13.1. The molecule has 2 nitrogen and oxygen atoms in total. The molecule has 2 heteroatoms. The van der Waals surface area contributed by atoms with Gasteiger partial charge in [-0.3, -0.25) is 9.59 Å². The molecule has 1 fully saturated rings. The lowest BCUT2D eigenvalue weighted by Crippen LogP contribution is -2.24. The SMILES string of the molecule is CC1=C=CC=C(CC2CCCCCCC(CC(=O)c3ccc4c(c3)CC(C(=O)C(C)=CC3=C(C)CCC3)CC4)CCCC2)C=C1. The van der Waals surface area contributed by atoms with Crippen molar-refractivity contribution < 1.29 is 9.59 Å². The predicted octanol–water partition coefficient (Wildman–Crippen LogP) is 11.5. The predicted molar refractivity (Wildman–Crippen MR) is 188 cm³/mol. The number of rotatable bonds is 8. The number of allylic oxidation sites excluding steroid dienone is 9. The molecule has 3 atom stereocenters. The van der Waals surface area contributed by atoms with E-state index in [9.17, 15) is 9.59 Å². The van der Waals surface area contributed by atoms with Gasteiger partial charge in [0.2, 0.25) is 0 Å². The first-order chi connectivity index (χ1) is 21.9. The van der Waals surface area contributed by atoms with Crippen LogP contribution in [0.3, 0.4) is 0 Å². The molecule has 0 amide bonds. The molecule has 0 radical (unpaired) electrons. The molecule has 45 heavy (non-hydrogen) atoms. The minimum atomic E-state index is 0.0312. The Bertz CT molecular complexity index is 1420. The quantitative estimate of drug-likeness (QED) is 0.168. The first-order valence-corrected chi connectivity index (χ1v) is 18.2. The van der Waals surface area contributed by atoms with Crippen molar-refractivity contribution in [1.29, 1.82) is 0 Å². The van der Waals surface area contributed by atoms with Gasteiger partial charge in [0, 0.05) is 17.9 Å². The summed E-state index contributed by atoms with van der Waals surface area (Å²) in [6.45, 7) is 6.32. The topological polar surface area (TPSA) is 34.1 Å². The molecule has 0 aliphatic heterocycles. The molecule has 0 heterocycles. The third-order valence-corrected chi connectivity index (χ3v) is 11.1. The van der Waals surface area contributed by atoms with Crippen LogP contribution in [0, 0.1) is 17.8 Å². The van der Waals surface area contributed by atoms with Gasteiger partial charge in [-0.15, -0.1) is 5.73 Å². The number of carbonyl (C=O) groups is 2. The van der Waals surface area contributed by atoms with E-state index < -0.39 is 0 Å². The van der Waals surface area contributed by atoms with Crippen molar-refractivity contribution in [3.63, 3.8) is 0 Å². The lowest BCUT2D eigenvalue weighted by Gasteiger charge is -2.25. The Morgan fingerprint density at radius 2 is 1.56 bits per heavy atom. The zero-order valence-corrected chi connectivity index (χ0v) is 28.4. The van der Waals surface area contributed by atoms with Crippen LogP contribution in [0.1, 0.15) is 145 Å². The van der Waals surface area contributed by atoms with Crippen molar-refractivity contribution in [2.45, 2.75) is 136 Å². The van der Waals surface area contributed by atoms with Crippen LogP contribution < -0.4 is 0 Å². The zero-order chi connectivity index (χ0) is 31.6. The lowest BCUT2D eigenvalue weighted by molar-refractivity contribution is -0.119. The van der Waals surface area contributed by atoms with Crippen molar-refractivity contribution in [1.82, 2.24) is 0 Å². The summed E-state index contributed by atoms with van der Waals surface area (Å²) in [5.74, 6) is 1.86. The second-order valence-corrected chi connectivity index (χ2v) is 14.7. The van der Waals surface area contributed by atoms with Crippen molar-refractivity contribution in [2.75, 3.05) is 0 Å². The summed E-state index contributed by atoms with van der Waals surface area (Å²) >= 11 is 0. The van der Waals surface area contributed by atoms with E-state index >= 15 is 0 Å². The smallest absolute Gasteiger partial charge is 0.163 e. The van der Waals surface area contributed by atoms with Crippen molar-refractivity contribution in [3.8, 4) is 0 Å². The second-order valence-electron chi connectivity index (χ2n) is 14.7. The monoisotopic (exact) mass is 604 g/mol. The van der Waals surface area contributed by atoms with Gasteiger partial charge in [0.15, 0.2) is 11.6 Å². The van der Waals surface area contributed by atoms with Crippen LogP contribution in [0.4, 0.5) is 0 Å². The molecule has 5 rings (SSSR count). The highest BCUT2D eigenvalue weighted by molar-refractivity contribution is 5.98. The molecule has 1 aromatic carbocycles. The highest BCUT2D eigenvalue weighted by Gasteiger charge is 2.27. The summed E-state index contributed by atoms with van der Waals surface area (Å²) < 4.78 is 0. The first kappa shape index (κ1) is 33.4. The number of Topliss-reactive ketones (excluding diaryl/α,β-unsaturated/α-hetero) is 2. The average Bonchev–Trinajstić information content (AvgIpc) is 3.32. The van der Waals surface area contributed by atoms with Gasteiger partial charge in [-0.1, -0.05) is 106 Å². The fraction of sp³-hybridized carbons (Fsp3) is 0.558. The van der Waals surface area contributed by atoms with Crippen LogP contribution in [0.5, 0.6) is 0 Å². The van der Waals surface area contributed by atoms with Crippen LogP contribution in [-0.4, -0.2) is 11.6 Å². The summed E-state index contributed by atoms with van der Waals surface area (Å²) in [6.07, 6.45) is 31.5. The second kappa shape index (κ2) is 16.6. The summed E-state index contributed by atoms with van der Waals surface area (Å²) in [7, 11) is 0. The maximum absolute atomic E-state index is 13.6. The molecule has 1 saturated carbocycles. The Balaban J connectivity index is 1.15. The summed E-state index contributed by atoms with van der Waals surface area (Å²) in [6, 6.07) is 6.38. The van der Waals surface area contributed by atoms with Crippen LogP contribution in [-0.2, 0) is 17.6 Å². The fourth-order valence-electron chi connectivity index (χ4n) is 8.17. The molecule has 240 valence electrons. The van der Waals surface area contributed by atoms with Gasteiger partial charge in [-0.2, -0.15) is 0 Å². The van der Waals surface area contributed by atoms with Gasteiger partial charge in [0.05, 0.1) is 0 Å². The molecule has 0 saturated heterocycles. The highest BCUT2D eigenvalue weighted by atomic mass is 16.1.